The van der Waals surface area contributed by atoms with E-state index < -0.39 is 0 Å². The molecule has 158 valence electrons. The quantitative estimate of drug-likeness (QED) is 0.356. The number of rotatable bonds is 7. The summed E-state index contributed by atoms with van der Waals surface area (Å²) in [5, 5.41) is 19.3. The number of nitrogens with one attached hydrogen (secondary N) is 2. The highest BCUT2D eigenvalue weighted by atomic mass is 15.5. The van der Waals surface area contributed by atoms with Gasteiger partial charge in [0.05, 0.1) is 5.52 Å². The van der Waals surface area contributed by atoms with Gasteiger partial charge >= 0.3 is 0 Å². The first-order chi connectivity index (χ1) is 15.8. The second-order valence-corrected chi connectivity index (χ2v) is 7.76. The maximum atomic E-state index is 4.80. The van der Waals surface area contributed by atoms with Crippen molar-refractivity contribution < 1.29 is 0 Å². The summed E-state index contributed by atoms with van der Waals surface area (Å²) in [6.45, 7) is 2.93. The van der Waals surface area contributed by atoms with E-state index in [1.165, 1.54) is 5.56 Å². The molecule has 5 aromatic rings. The first-order valence-corrected chi connectivity index (χ1v) is 10.9. The average molecular weight is 421 g/mol. The molecule has 0 unspecified atom stereocenters. The molecule has 5 rings (SSSR count). The number of tetrazole rings is 1. The number of benzene rings is 3. The van der Waals surface area contributed by atoms with Gasteiger partial charge in [-0.25, -0.2) is 0 Å². The molecule has 6 nitrogen and oxygen atoms in total. The molecule has 3 aromatic carbocycles. The van der Waals surface area contributed by atoms with Gasteiger partial charge in [0.25, 0.3) is 0 Å². The van der Waals surface area contributed by atoms with Crippen molar-refractivity contribution >= 4 is 16.6 Å². The van der Waals surface area contributed by atoms with Gasteiger partial charge in [0.2, 0.25) is 5.82 Å². The molecule has 0 aliphatic carbocycles. The molecule has 0 saturated heterocycles. The number of aromatic amines is 1. The van der Waals surface area contributed by atoms with Crippen LogP contribution in [0.2, 0.25) is 0 Å². The zero-order valence-corrected chi connectivity index (χ0v) is 17.9. The third-order valence-corrected chi connectivity index (χ3v) is 5.54. The van der Waals surface area contributed by atoms with Gasteiger partial charge in [-0.05, 0) is 40.5 Å². The Kier molecular flexibility index (Phi) is 5.58. The Balaban J connectivity index is 1.38. The van der Waals surface area contributed by atoms with Crippen LogP contribution in [-0.4, -0.2) is 25.6 Å². The van der Waals surface area contributed by atoms with Crippen molar-refractivity contribution in [1.82, 2.24) is 25.6 Å². The summed E-state index contributed by atoms with van der Waals surface area (Å²) in [4.78, 5) is 4.80. The molecule has 6 heteroatoms. The third-order valence-electron chi connectivity index (χ3n) is 5.54. The number of nitrogens with zero attached hydrogens (tertiary/aromatic N) is 4. The van der Waals surface area contributed by atoms with Gasteiger partial charge in [-0.2, -0.15) is 5.21 Å². The molecule has 0 radical (unpaired) electrons. The fourth-order valence-corrected chi connectivity index (χ4v) is 3.97. The maximum absolute atomic E-state index is 4.80. The van der Waals surface area contributed by atoms with E-state index in [1.54, 1.807) is 0 Å². The van der Waals surface area contributed by atoms with Gasteiger partial charge in [-0.1, -0.05) is 80.1 Å². The van der Waals surface area contributed by atoms with Crippen LogP contribution < -0.4 is 5.32 Å². The number of aryl methyl sites for hydroxylation is 1. The van der Waals surface area contributed by atoms with Crippen LogP contribution in [0.4, 0.5) is 5.69 Å². The van der Waals surface area contributed by atoms with Crippen molar-refractivity contribution in [3.05, 3.63) is 90.1 Å². The minimum absolute atomic E-state index is 0.596. The van der Waals surface area contributed by atoms with E-state index in [0.29, 0.717) is 5.82 Å². The van der Waals surface area contributed by atoms with E-state index in [0.717, 1.165) is 58.4 Å². The molecule has 32 heavy (non-hydrogen) atoms. The molecule has 0 amide bonds. The number of fused-ring (bicyclic) bond motifs is 1. The van der Waals surface area contributed by atoms with Crippen LogP contribution in [-0.2, 0) is 13.0 Å². The highest BCUT2D eigenvalue weighted by Crippen LogP contribution is 2.30. The van der Waals surface area contributed by atoms with Crippen LogP contribution in [0.15, 0.2) is 78.9 Å². The number of hydrogen-bond acceptors (Lipinski definition) is 5. The number of para-hydroxylation sites is 1. The Bertz CT molecular complexity index is 1330. The summed E-state index contributed by atoms with van der Waals surface area (Å²) < 4.78 is 0. The normalized spacial score (nSPS) is 11.0. The van der Waals surface area contributed by atoms with E-state index in [-0.39, 0.29) is 0 Å². The van der Waals surface area contributed by atoms with Gasteiger partial charge in [0.15, 0.2) is 0 Å². The van der Waals surface area contributed by atoms with Crippen molar-refractivity contribution in [2.24, 2.45) is 0 Å². The Labute approximate surface area is 186 Å². The Morgan fingerprint density at radius 2 is 1.66 bits per heavy atom. The van der Waals surface area contributed by atoms with Crippen LogP contribution in [0.1, 0.15) is 24.6 Å². The molecule has 2 aromatic heterocycles. The van der Waals surface area contributed by atoms with Crippen LogP contribution in [0, 0.1) is 0 Å². The second-order valence-electron chi connectivity index (χ2n) is 7.76. The average Bonchev–Trinajstić information content (AvgIpc) is 3.38. The van der Waals surface area contributed by atoms with Gasteiger partial charge in [-0.15, -0.1) is 10.2 Å². The molecule has 0 bridgehead atoms. The Morgan fingerprint density at radius 3 is 2.44 bits per heavy atom. The minimum atomic E-state index is 0.596. The molecule has 2 heterocycles. The van der Waals surface area contributed by atoms with E-state index in [9.17, 15) is 0 Å². The molecule has 0 aliphatic rings. The van der Waals surface area contributed by atoms with Gasteiger partial charge in [0.1, 0.15) is 0 Å². The smallest absolute Gasteiger partial charge is 0.205 e. The Morgan fingerprint density at radius 1 is 0.875 bits per heavy atom. The van der Waals surface area contributed by atoms with Crippen LogP contribution in [0.25, 0.3) is 33.4 Å². The number of H-pyrrole nitrogens is 1. The van der Waals surface area contributed by atoms with Crippen LogP contribution >= 0.6 is 0 Å². The largest absolute Gasteiger partial charge is 0.380 e. The summed E-state index contributed by atoms with van der Waals surface area (Å²) >= 11 is 0. The summed E-state index contributed by atoms with van der Waals surface area (Å²) in [6.07, 6.45) is 2.06. The number of aromatic nitrogens is 5. The molecular formula is C26H24N6. The minimum Gasteiger partial charge on any atom is -0.380 e. The lowest BCUT2D eigenvalue weighted by molar-refractivity contribution is 0.881. The van der Waals surface area contributed by atoms with Crippen molar-refractivity contribution in [1.29, 1.82) is 0 Å². The number of hydrogen-bond donors (Lipinski definition) is 2. The molecular weight excluding hydrogens is 396 g/mol. The molecule has 2 N–H and O–H groups in total. The SMILES string of the molecule is CCCc1cc(NCc2ccc(-c3ccccc3-c3nn[nH]n3)cc2)c2ccccc2n1. The molecule has 0 atom stereocenters. The van der Waals surface area contributed by atoms with E-state index >= 15 is 0 Å². The zero-order valence-electron chi connectivity index (χ0n) is 17.9. The standard InChI is InChI=1S/C26H24N6/c1-2-7-20-16-25(23-10-5-6-11-24(23)28-20)27-17-18-12-14-19(15-13-18)21-8-3-4-9-22(21)26-29-31-32-30-26/h3-6,8-16H,2,7,17H2,1H3,(H,27,28)(H,29,30,31,32). The Hall–Kier alpha value is -4.06. The number of anilines is 1. The number of pyridine rings is 1. The van der Waals surface area contributed by atoms with E-state index in [1.807, 2.05) is 24.3 Å². The lowest BCUT2D eigenvalue weighted by Crippen LogP contribution is -2.02. The fraction of sp³-hybridized carbons (Fsp3) is 0.154. The van der Waals surface area contributed by atoms with Gasteiger partial charge in [-0.3, -0.25) is 4.98 Å². The zero-order chi connectivity index (χ0) is 21.8. The molecule has 0 fully saturated rings. The highest BCUT2D eigenvalue weighted by Gasteiger charge is 2.11. The van der Waals surface area contributed by atoms with Gasteiger partial charge in [0, 0.05) is 28.9 Å². The predicted molar refractivity (Wildman–Crippen MR) is 128 cm³/mol. The molecule has 0 spiro atoms. The summed E-state index contributed by atoms with van der Waals surface area (Å²) in [6, 6.07) is 27.2. The van der Waals surface area contributed by atoms with Crippen molar-refractivity contribution in [3.63, 3.8) is 0 Å². The first-order valence-electron chi connectivity index (χ1n) is 10.9. The first kappa shape index (κ1) is 19.9. The van der Waals surface area contributed by atoms with Crippen molar-refractivity contribution in [2.75, 3.05) is 5.32 Å². The lowest BCUT2D eigenvalue weighted by Gasteiger charge is -2.13. The fourth-order valence-electron chi connectivity index (χ4n) is 3.97. The second kappa shape index (κ2) is 8.98. The topological polar surface area (TPSA) is 79.4 Å². The third kappa shape index (κ3) is 4.07. The predicted octanol–water partition coefficient (Wildman–Crippen LogP) is 5.65. The summed E-state index contributed by atoms with van der Waals surface area (Å²) in [5.41, 5.74) is 7.66. The molecule has 0 aliphatic heterocycles. The van der Waals surface area contributed by atoms with E-state index in [2.05, 4.69) is 87.5 Å². The molecule has 0 saturated carbocycles. The highest BCUT2D eigenvalue weighted by molar-refractivity contribution is 5.91. The lowest BCUT2D eigenvalue weighted by atomic mass is 9.98. The van der Waals surface area contributed by atoms with Crippen molar-refractivity contribution in [3.8, 4) is 22.5 Å². The monoisotopic (exact) mass is 420 g/mol. The van der Waals surface area contributed by atoms with E-state index in [4.69, 9.17) is 4.98 Å². The van der Waals surface area contributed by atoms with Crippen LogP contribution in [0.3, 0.4) is 0 Å². The summed E-state index contributed by atoms with van der Waals surface area (Å²) in [5.74, 6) is 0.596. The maximum Gasteiger partial charge on any atom is 0.205 e. The summed E-state index contributed by atoms with van der Waals surface area (Å²) in [7, 11) is 0. The van der Waals surface area contributed by atoms with Crippen molar-refractivity contribution in [2.45, 2.75) is 26.3 Å². The van der Waals surface area contributed by atoms with Crippen LogP contribution in [0.5, 0.6) is 0 Å². The van der Waals surface area contributed by atoms with Gasteiger partial charge < -0.3 is 5.32 Å².